The van der Waals surface area contributed by atoms with Gasteiger partial charge in [-0.05, 0) is 23.9 Å². The molecule has 0 atom stereocenters. The molecule has 0 aliphatic rings. The lowest BCUT2D eigenvalue weighted by molar-refractivity contribution is -0.385. The molecule has 0 aliphatic heterocycles. The summed E-state index contributed by atoms with van der Waals surface area (Å²) in [4.78, 5) is 38.2. The van der Waals surface area contributed by atoms with Crippen molar-refractivity contribution in [3.8, 4) is 11.5 Å². The molecule has 0 aliphatic carbocycles. The first-order valence-electron chi connectivity index (χ1n) is 13.2. The van der Waals surface area contributed by atoms with Crippen molar-refractivity contribution in [2.24, 2.45) is 0 Å². The Morgan fingerprint density at radius 3 is 2.29 bits per heavy atom. The topological polar surface area (TPSA) is 114 Å². The first-order chi connectivity index (χ1) is 21.3. The summed E-state index contributed by atoms with van der Waals surface area (Å²) in [6.45, 7) is 4.66. The molecule has 0 amide bonds. The Hall–Kier alpha value is -5.08. The van der Waals surface area contributed by atoms with Gasteiger partial charge in [-0.1, -0.05) is 66.7 Å². The van der Waals surface area contributed by atoms with Crippen LogP contribution in [0.3, 0.4) is 0 Å². The molecule has 0 N–H and O–H groups in total. The van der Waals surface area contributed by atoms with Crippen molar-refractivity contribution in [1.82, 2.24) is 18.9 Å². The Morgan fingerprint density at radius 1 is 1.04 bits per heavy atom. The Balaban J connectivity index is 1.86. The zero-order valence-corrected chi connectivity index (χ0v) is 24.1. The SMILES string of the molecule is C=C(c1c(-n2nc(COCc3ccccc3)n(CC)c2=O)n(-c2c(F)cc([N+](=O)[O-])cc2Cl)c(=O)c2ccccc12)C(F)(F)F. The van der Waals surface area contributed by atoms with E-state index in [-0.39, 0.29) is 36.4 Å². The summed E-state index contributed by atoms with van der Waals surface area (Å²) in [6, 6.07) is 15.4. The van der Waals surface area contributed by atoms with E-state index in [0.29, 0.717) is 15.3 Å². The van der Waals surface area contributed by atoms with Gasteiger partial charge in [-0.2, -0.15) is 17.9 Å². The molecule has 15 heteroatoms. The molecular formula is C30H22ClF4N5O5. The zero-order chi connectivity index (χ0) is 32.6. The number of fused-ring (bicyclic) bond motifs is 1. The third-order valence-electron chi connectivity index (χ3n) is 6.94. The second kappa shape index (κ2) is 12.1. The van der Waals surface area contributed by atoms with Gasteiger partial charge >= 0.3 is 11.9 Å². The monoisotopic (exact) mass is 643 g/mol. The van der Waals surface area contributed by atoms with Crippen LogP contribution in [0.25, 0.3) is 27.9 Å². The van der Waals surface area contributed by atoms with Crippen LogP contribution < -0.4 is 11.2 Å². The normalized spacial score (nSPS) is 11.7. The number of allylic oxidation sites excluding steroid dienone is 1. The molecule has 3 aromatic carbocycles. The van der Waals surface area contributed by atoms with Gasteiger partial charge in [0.15, 0.2) is 17.5 Å². The molecule has 0 spiro atoms. The van der Waals surface area contributed by atoms with Gasteiger partial charge in [0, 0.05) is 23.6 Å². The van der Waals surface area contributed by atoms with Crippen LogP contribution in [0.2, 0.25) is 5.02 Å². The minimum absolute atomic E-state index is 0.00285. The summed E-state index contributed by atoms with van der Waals surface area (Å²) < 4.78 is 66.6. The van der Waals surface area contributed by atoms with E-state index in [2.05, 4.69) is 11.7 Å². The number of rotatable bonds is 9. The Bertz CT molecular complexity index is 2060. The summed E-state index contributed by atoms with van der Waals surface area (Å²) in [5.74, 6) is -2.24. The lowest BCUT2D eigenvalue weighted by atomic mass is 9.99. The van der Waals surface area contributed by atoms with Gasteiger partial charge in [-0.15, -0.1) is 5.10 Å². The molecular weight excluding hydrogens is 622 g/mol. The van der Waals surface area contributed by atoms with Crippen molar-refractivity contribution in [2.75, 3.05) is 0 Å². The van der Waals surface area contributed by atoms with E-state index in [1.807, 2.05) is 6.07 Å². The fourth-order valence-corrected chi connectivity index (χ4v) is 5.18. The van der Waals surface area contributed by atoms with Crippen molar-refractivity contribution in [1.29, 1.82) is 0 Å². The highest BCUT2D eigenvalue weighted by atomic mass is 35.5. The van der Waals surface area contributed by atoms with E-state index < -0.39 is 61.5 Å². The number of nitrogens with zero attached hydrogens (tertiary/aromatic N) is 5. The first-order valence-corrected chi connectivity index (χ1v) is 13.6. The van der Waals surface area contributed by atoms with Crippen molar-refractivity contribution in [3.05, 3.63) is 132 Å². The standard InChI is InChI=1S/C30H22ClF4N5O5/c1-3-37-24(16-45-15-18-9-5-4-6-10-18)36-39(29(37)42)27-25(17(2)30(33,34)35)20-11-7-8-12-21(20)28(41)38(27)26-22(31)13-19(40(43)44)14-23(26)32/h4-14H,2-3,15-16H2,1H3. The highest BCUT2D eigenvalue weighted by molar-refractivity contribution is 6.32. The van der Waals surface area contributed by atoms with E-state index in [9.17, 15) is 32.9 Å². The number of benzene rings is 3. The van der Waals surface area contributed by atoms with Crippen LogP contribution in [0.5, 0.6) is 0 Å². The minimum Gasteiger partial charge on any atom is -0.369 e. The highest BCUT2D eigenvalue weighted by Gasteiger charge is 2.38. The van der Waals surface area contributed by atoms with Crippen molar-refractivity contribution in [2.45, 2.75) is 32.9 Å². The van der Waals surface area contributed by atoms with E-state index in [0.717, 1.165) is 16.2 Å². The smallest absolute Gasteiger partial charge is 0.369 e. The summed E-state index contributed by atoms with van der Waals surface area (Å²) in [5.41, 5.74) is -5.08. The summed E-state index contributed by atoms with van der Waals surface area (Å²) >= 11 is 6.27. The second-order valence-electron chi connectivity index (χ2n) is 9.71. The van der Waals surface area contributed by atoms with Gasteiger partial charge in [0.05, 0.1) is 28.2 Å². The van der Waals surface area contributed by atoms with Crippen molar-refractivity contribution >= 4 is 33.6 Å². The molecule has 5 aromatic rings. The molecule has 45 heavy (non-hydrogen) atoms. The summed E-state index contributed by atoms with van der Waals surface area (Å²) in [7, 11) is 0. The molecule has 0 radical (unpaired) electrons. The zero-order valence-electron chi connectivity index (χ0n) is 23.3. The third-order valence-corrected chi connectivity index (χ3v) is 7.23. The molecule has 232 valence electrons. The maximum absolute atomic E-state index is 15.7. The maximum atomic E-state index is 15.7. The number of pyridine rings is 1. The predicted octanol–water partition coefficient (Wildman–Crippen LogP) is 6.35. The number of nitro groups is 1. The molecule has 0 bridgehead atoms. The maximum Gasteiger partial charge on any atom is 0.416 e. The number of nitro benzene ring substituents is 1. The molecule has 2 heterocycles. The number of halogens is 5. The average Bonchev–Trinajstić information content (AvgIpc) is 3.31. The molecule has 5 rings (SSSR count). The molecule has 0 saturated heterocycles. The van der Waals surface area contributed by atoms with Gasteiger partial charge < -0.3 is 4.74 Å². The number of ether oxygens (including phenoxy) is 1. The first kappa shape index (κ1) is 31.3. The highest BCUT2D eigenvalue weighted by Crippen LogP contribution is 2.40. The lowest BCUT2D eigenvalue weighted by Gasteiger charge is -2.22. The molecule has 0 fully saturated rings. The van der Waals surface area contributed by atoms with Crippen LogP contribution >= 0.6 is 11.6 Å². The van der Waals surface area contributed by atoms with Crippen LogP contribution in [-0.4, -0.2) is 30.0 Å². The number of hydrogen-bond acceptors (Lipinski definition) is 6. The second-order valence-corrected chi connectivity index (χ2v) is 10.1. The van der Waals surface area contributed by atoms with Crippen LogP contribution in [0, 0.1) is 15.9 Å². The minimum atomic E-state index is -5.09. The molecule has 0 unspecified atom stereocenters. The van der Waals surface area contributed by atoms with Gasteiger partial charge in [0.25, 0.3) is 11.2 Å². The van der Waals surface area contributed by atoms with Gasteiger partial charge in [0.2, 0.25) is 0 Å². The number of hydrogen-bond donors (Lipinski definition) is 0. The van der Waals surface area contributed by atoms with E-state index in [1.54, 1.807) is 31.2 Å². The lowest BCUT2D eigenvalue weighted by Crippen LogP contribution is -2.33. The fourth-order valence-electron chi connectivity index (χ4n) is 4.89. The fraction of sp³-hybridized carbons (Fsp3) is 0.167. The molecule has 0 saturated carbocycles. The van der Waals surface area contributed by atoms with E-state index >= 15 is 4.39 Å². The van der Waals surface area contributed by atoms with Crippen LogP contribution in [0.4, 0.5) is 23.2 Å². The van der Waals surface area contributed by atoms with Crippen LogP contribution in [-0.2, 0) is 24.5 Å². The molecule has 2 aromatic heterocycles. The van der Waals surface area contributed by atoms with E-state index in [1.165, 1.54) is 24.3 Å². The van der Waals surface area contributed by atoms with Gasteiger partial charge in [-0.25, -0.2) is 9.18 Å². The summed E-state index contributed by atoms with van der Waals surface area (Å²) in [5, 5.41) is 14.3. The number of non-ortho nitro benzene ring substituents is 1. The van der Waals surface area contributed by atoms with Gasteiger partial charge in [0.1, 0.15) is 12.3 Å². The van der Waals surface area contributed by atoms with Crippen LogP contribution in [0.15, 0.2) is 82.9 Å². The Kier molecular flexibility index (Phi) is 8.45. The number of aromatic nitrogens is 4. The quantitative estimate of drug-likeness (QED) is 0.105. The summed E-state index contributed by atoms with van der Waals surface area (Å²) in [6.07, 6.45) is -5.09. The van der Waals surface area contributed by atoms with Crippen molar-refractivity contribution < 1.29 is 27.2 Å². The van der Waals surface area contributed by atoms with Gasteiger partial charge in [-0.3, -0.25) is 24.0 Å². The van der Waals surface area contributed by atoms with Crippen LogP contribution in [0.1, 0.15) is 23.9 Å². The van der Waals surface area contributed by atoms with E-state index in [4.69, 9.17) is 16.3 Å². The predicted molar refractivity (Wildman–Crippen MR) is 158 cm³/mol. The number of alkyl halides is 3. The third kappa shape index (κ3) is 5.77. The Labute approximate surface area is 256 Å². The Morgan fingerprint density at radius 2 is 1.69 bits per heavy atom. The largest absolute Gasteiger partial charge is 0.416 e. The average molecular weight is 644 g/mol. The van der Waals surface area contributed by atoms with Crippen molar-refractivity contribution in [3.63, 3.8) is 0 Å². The molecule has 10 nitrogen and oxygen atoms in total.